The lowest BCUT2D eigenvalue weighted by Gasteiger charge is -2.29. The molecule has 1 amide bonds. The van der Waals surface area contributed by atoms with Gasteiger partial charge in [-0.3, -0.25) is 4.79 Å². The summed E-state index contributed by atoms with van der Waals surface area (Å²) in [5, 5.41) is -0.324. The first-order chi connectivity index (χ1) is 17.3. The highest BCUT2D eigenvalue weighted by molar-refractivity contribution is 7.92. The Bertz CT molecular complexity index is 1160. The van der Waals surface area contributed by atoms with Crippen molar-refractivity contribution in [1.82, 2.24) is 0 Å². The van der Waals surface area contributed by atoms with Gasteiger partial charge in [-0.25, -0.2) is 0 Å². The summed E-state index contributed by atoms with van der Waals surface area (Å²) >= 11 is 3.91. The summed E-state index contributed by atoms with van der Waals surface area (Å²) in [4.78, 5) is 11.5. The lowest BCUT2D eigenvalue weighted by molar-refractivity contribution is -0.115. The van der Waals surface area contributed by atoms with Crippen molar-refractivity contribution in [2.75, 3.05) is 5.75 Å². The second kappa shape index (κ2) is 13.0. The summed E-state index contributed by atoms with van der Waals surface area (Å²) in [5.74, 6) is -0.677. The zero-order valence-electron chi connectivity index (χ0n) is 20.1. The predicted molar refractivity (Wildman–Crippen MR) is 153 cm³/mol. The highest BCUT2D eigenvalue weighted by atomic mass is 32.2. The van der Waals surface area contributed by atoms with E-state index in [1.807, 2.05) is 97.1 Å². The van der Waals surface area contributed by atoms with E-state index in [0.717, 1.165) is 22.3 Å². The highest BCUT2D eigenvalue weighted by Crippen LogP contribution is 2.32. The van der Waals surface area contributed by atoms with Crippen LogP contribution in [0.1, 0.15) is 34.4 Å². The SMILES string of the molecule is CC(C(N)=S)(c1ccccc1)c1ccccc1.NC(=O)C[S+]([O-])C(c1ccccc1)c1ccccc1. The molecule has 0 aliphatic rings. The molecule has 4 N–H and O–H groups in total. The van der Waals surface area contributed by atoms with Gasteiger partial charge in [0.25, 0.3) is 5.91 Å². The Balaban J connectivity index is 0.000000202. The van der Waals surface area contributed by atoms with Crippen LogP contribution in [0.2, 0.25) is 0 Å². The largest absolute Gasteiger partial charge is 0.615 e. The summed E-state index contributed by atoms with van der Waals surface area (Å²) in [6.45, 7) is 2.07. The van der Waals surface area contributed by atoms with Crippen molar-refractivity contribution in [3.8, 4) is 0 Å². The van der Waals surface area contributed by atoms with Crippen molar-refractivity contribution in [2.45, 2.75) is 17.6 Å². The number of benzene rings is 4. The molecule has 4 aromatic carbocycles. The number of hydrogen-bond acceptors (Lipinski definition) is 3. The van der Waals surface area contributed by atoms with Crippen molar-refractivity contribution in [2.24, 2.45) is 11.5 Å². The molecule has 36 heavy (non-hydrogen) atoms. The predicted octanol–water partition coefficient (Wildman–Crippen LogP) is 5.29. The minimum Gasteiger partial charge on any atom is -0.615 e. The molecule has 0 saturated carbocycles. The Morgan fingerprint density at radius 2 is 1.08 bits per heavy atom. The van der Waals surface area contributed by atoms with Crippen LogP contribution in [-0.2, 0) is 21.4 Å². The molecule has 4 nitrogen and oxygen atoms in total. The third kappa shape index (κ3) is 6.82. The minimum absolute atomic E-state index is 0.131. The van der Waals surface area contributed by atoms with Crippen molar-refractivity contribution in [1.29, 1.82) is 0 Å². The Morgan fingerprint density at radius 3 is 1.39 bits per heavy atom. The molecule has 0 aromatic heterocycles. The Morgan fingerprint density at radius 1 is 0.750 bits per heavy atom. The highest BCUT2D eigenvalue weighted by Gasteiger charge is 2.31. The van der Waals surface area contributed by atoms with Crippen molar-refractivity contribution < 1.29 is 9.35 Å². The van der Waals surface area contributed by atoms with Gasteiger partial charge in [-0.05, 0) is 29.2 Å². The number of hydrogen-bond donors (Lipinski definition) is 2. The smallest absolute Gasteiger partial charge is 0.267 e. The maximum absolute atomic E-state index is 12.4. The molecule has 0 radical (unpaired) electrons. The van der Waals surface area contributed by atoms with Gasteiger partial charge in [-0.15, -0.1) is 0 Å². The Kier molecular flexibility index (Phi) is 9.82. The van der Waals surface area contributed by atoms with Crippen LogP contribution < -0.4 is 11.5 Å². The molecule has 0 heterocycles. The van der Waals surface area contributed by atoms with E-state index >= 15 is 0 Å². The van der Waals surface area contributed by atoms with Crippen LogP contribution >= 0.6 is 12.2 Å². The van der Waals surface area contributed by atoms with E-state index in [4.69, 9.17) is 23.7 Å². The second-order valence-corrected chi connectivity index (χ2v) is 10.4. The lowest BCUT2D eigenvalue weighted by Crippen LogP contribution is -2.38. The molecule has 0 aliphatic heterocycles. The molecule has 1 atom stereocenters. The average molecular weight is 515 g/mol. The van der Waals surface area contributed by atoms with E-state index in [1.165, 1.54) is 0 Å². The van der Waals surface area contributed by atoms with Gasteiger partial charge in [0, 0.05) is 11.1 Å². The number of primary amides is 1. The normalized spacial score (nSPS) is 11.8. The summed E-state index contributed by atoms with van der Waals surface area (Å²) < 4.78 is 12.4. The van der Waals surface area contributed by atoms with Gasteiger partial charge in [0.05, 0.1) is 10.4 Å². The van der Waals surface area contributed by atoms with E-state index in [2.05, 4.69) is 31.2 Å². The molecule has 0 spiro atoms. The molecule has 6 heteroatoms. The van der Waals surface area contributed by atoms with Crippen LogP contribution in [0, 0.1) is 0 Å². The molecule has 0 fully saturated rings. The molecule has 184 valence electrons. The van der Waals surface area contributed by atoms with E-state index in [0.29, 0.717) is 4.99 Å². The average Bonchev–Trinajstić information content (AvgIpc) is 2.90. The third-order valence-electron chi connectivity index (χ3n) is 5.95. The fraction of sp³-hybridized carbons (Fsp3) is 0.133. The number of nitrogens with two attached hydrogens (primary N) is 2. The van der Waals surface area contributed by atoms with Gasteiger partial charge in [-0.1, -0.05) is 134 Å². The third-order valence-corrected chi connectivity index (χ3v) is 7.99. The van der Waals surface area contributed by atoms with Gasteiger partial charge in [0.15, 0.2) is 11.0 Å². The summed E-state index contributed by atoms with van der Waals surface area (Å²) in [5.41, 5.74) is 14.8. The number of thiocarbonyl (C=S) groups is 1. The monoisotopic (exact) mass is 514 g/mol. The van der Waals surface area contributed by atoms with Crippen LogP contribution in [0.25, 0.3) is 0 Å². The molecule has 0 saturated heterocycles. The fourth-order valence-corrected chi connectivity index (χ4v) is 5.57. The maximum Gasteiger partial charge on any atom is 0.267 e. The molecular weight excluding hydrogens is 484 g/mol. The van der Waals surface area contributed by atoms with Gasteiger partial charge in [-0.2, -0.15) is 0 Å². The summed E-state index contributed by atoms with van der Waals surface area (Å²) in [6, 6.07) is 39.3. The van der Waals surface area contributed by atoms with E-state index in [9.17, 15) is 9.35 Å². The van der Waals surface area contributed by atoms with Gasteiger partial charge in [0.2, 0.25) is 0 Å². The van der Waals surface area contributed by atoms with Crippen LogP contribution in [0.3, 0.4) is 0 Å². The zero-order chi connectivity index (χ0) is 26.0. The molecule has 4 aromatic rings. The van der Waals surface area contributed by atoms with E-state index in [-0.39, 0.29) is 11.0 Å². The van der Waals surface area contributed by atoms with Crippen LogP contribution in [-0.4, -0.2) is 21.2 Å². The quantitative estimate of drug-likeness (QED) is 0.247. The number of carbonyl (C=O) groups is 1. The van der Waals surface area contributed by atoms with E-state index < -0.39 is 22.5 Å². The standard InChI is InChI=1S/C15H15NO2S.C15H15NS/c16-14(17)11-19(18)15(12-7-3-1-4-8-12)13-9-5-2-6-10-13;1-15(14(16)17,12-8-4-2-5-9-12)13-10-6-3-7-11-13/h1-10,15H,11H2,(H2,16,17);2-11H,1H3,(H2,16,17). The van der Waals surface area contributed by atoms with Crippen molar-refractivity contribution >= 4 is 34.3 Å². The maximum atomic E-state index is 12.4. The second-order valence-electron chi connectivity index (χ2n) is 8.41. The Labute approximate surface area is 221 Å². The fourth-order valence-electron chi connectivity index (χ4n) is 3.97. The number of rotatable bonds is 8. The Hall–Kier alpha value is -3.45. The number of carbonyl (C=O) groups excluding carboxylic acids is 1. The first-order valence-corrected chi connectivity index (χ1v) is 13.3. The van der Waals surface area contributed by atoms with E-state index in [1.54, 1.807) is 0 Å². The molecular formula is C30H30N2O2S2. The van der Waals surface area contributed by atoms with Crippen LogP contribution in [0.15, 0.2) is 121 Å². The summed E-state index contributed by atoms with van der Waals surface area (Å²) in [7, 11) is 0. The van der Waals surface area contributed by atoms with Crippen molar-refractivity contribution in [3.63, 3.8) is 0 Å². The van der Waals surface area contributed by atoms with Gasteiger partial charge < -0.3 is 16.0 Å². The van der Waals surface area contributed by atoms with Crippen LogP contribution in [0.5, 0.6) is 0 Å². The van der Waals surface area contributed by atoms with Gasteiger partial charge >= 0.3 is 0 Å². The molecule has 0 bridgehead atoms. The zero-order valence-corrected chi connectivity index (χ0v) is 21.8. The molecule has 4 rings (SSSR count). The summed E-state index contributed by atoms with van der Waals surface area (Å²) in [6.07, 6.45) is 0. The number of amides is 1. The molecule has 0 aliphatic carbocycles. The van der Waals surface area contributed by atoms with Crippen LogP contribution in [0.4, 0.5) is 0 Å². The first-order valence-electron chi connectivity index (χ1n) is 11.5. The van der Waals surface area contributed by atoms with Gasteiger partial charge in [0.1, 0.15) is 0 Å². The van der Waals surface area contributed by atoms with Crippen molar-refractivity contribution in [3.05, 3.63) is 144 Å². The minimum atomic E-state index is -1.36. The topological polar surface area (TPSA) is 92.2 Å². The first kappa shape index (κ1) is 27.1. The molecule has 1 unspecified atom stereocenters. The lowest BCUT2D eigenvalue weighted by atomic mass is 9.76.